The number of anilines is 1. The number of nitrogens with zero attached hydrogens (tertiary/aromatic N) is 1. The maximum absolute atomic E-state index is 12.8. The molecule has 4 rings (SSSR count). The van der Waals surface area contributed by atoms with Crippen molar-refractivity contribution in [2.45, 2.75) is 38.6 Å². The monoisotopic (exact) mass is 453 g/mol. The first-order valence-corrected chi connectivity index (χ1v) is 10.9. The molecule has 1 aromatic heterocycles. The fourth-order valence-electron chi connectivity index (χ4n) is 4.48. The molecule has 9 heteroatoms. The lowest BCUT2D eigenvalue weighted by Crippen LogP contribution is -2.31. The first-order chi connectivity index (χ1) is 15.9. The largest absolute Gasteiger partial charge is 0.496 e. The minimum absolute atomic E-state index is 0.0324. The Balaban J connectivity index is 1.45. The van der Waals surface area contributed by atoms with Crippen molar-refractivity contribution in [2.24, 2.45) is 5.92 Å². The molecule has 3 aromatic rings. The molecule has 1 amide bonds. The van der Waals surface area contributed by atoms with E-state index in [1.807, 2.05) is 31.2 Å². The van der Waals surface area contributed by atoms with Gasteiger partial charge >= 0.3 is 11.7 Å². The van der Waals surface area contributed by atoms with E-state index in [2.05, 4.69) is 10.3 Å². The Morgan fingerprint density at radius 3 is 2.61 bits per heavy atom. The molecule has 1 aliphatic carbocycles. The number of hydrogen-bond donors (Lipinski definition) is 3. The molecule has 3 N–H and O–H groups in total. The number of carboxylic acid groups (broad SMARTS) is 1. The molecular formula is C24H27N3O6. The highest BCUT2D eigenvalue weighted by atomic mass is 16.5. The second-order valence-corrected chi connectivity index (χ2v) is 8.31. The normalized spacial score (nSPS) is 18.1. The molecule has 0 aliphatic heterocycles. The highest BCUT2D eigenvalue weighted by Crippen LogP contribution is 2.35. The van der Waals surface area contributed by atoms with Gasteiger partial charge in [0.25, 0.3) is 0 Å². The third kappa shape index (κ3) is 4.72. The van der Waals surface area contributed by atoms with E-state index in [0.717, 1.165) is 11.3 Å². The molecular weight excluding hydrogens is 426 g/mol. The lowest BCUT2D eigenvalue weighted by Gasteiger charge is -2.28. The highest BCUT2D eigenvalue weighted by Gasteiger charge is 2.29. The molecule has 1 aliphatic rings. The van der Waals surface area contributed by atoms with Crippen LogP contribution in [0.3, 0.4) is 0 Å². The van der Waals surface area contributed by atoms with Gasteiger partial charge in [-0.2, -0.15) is 0 Å². The number of amides is 1. The topological polar surface area (TPSA) is 123 Å². The van der Waals surface area contributed by atoms with E-state index in [0.29, 0.717) is 48.2 Å². The van der Waals surface area contributed by atoms with Crippen molar-refractivity contribution in [1.82, 2.24) is 9.55 Å². The summed E-state index contributed by atoms with van der Waals surface area (Å²) in [6.45, 7) is 1.46. The SMILES string of the molecule is COc1cc(NC(=O)[C@H]2CC[C@@H](n3c(=O)[nH]c4c(OCC(=O)O)cccc43)CC2)ccc1C. The number of carbonyl (C=O) groups excluding carboxylic acids is 1. The zero-order valence-corrected chi connectivity index (χ0v) is 18.6. The van der Waals surface area contributed by atoms with Crippen LogP contribution in [0.5, 0.6) is 11.5 Å². The molecule has 1 saturated carbocycles. The average molecular weight is 453 g/mol. The molecule has 0 spiro atoms. The van der Waals surface area contributed by atoms with E-state index >= 15 is 0 Å². The molecule has 1 fully saturated rings. The summed E-state index contributed by atoms with van der Waals surface area (Å²) in [7, 11) is 1.60. The fraction of sp³-hybridized carbons (Fsp3) is 0.375. The molecule has 1 heterocycles. The van der Waals surface area contributed by atoms with Crippen molar-refractivity contribution in [2.75, 3.05) is 19.0 Å². The van der Waals surface area contributed by atoms with Gasteiger partial charge in [0.2, 0.25) is 5.91 Å². The summed E-state index contributed by atoms with van der Waals surface area (Å²) in [5.41, 5.74) is 2.58. The summed E-state index contributed by atoms with van der Waals surface area (Å²) < 4.78 is 12.3. The first kappa shape index (κ1) is 22.4. The molecule has 0 atom stereocenters. The van der Waals surface area contributed by atoms with Crippen LogP contribution < -0.4 is 20.5 Å². The van der Waals surface area contributed by atoms with Crippen molar-refractivity contribution in [3.63, 3.8) is 0 Å². The van der Waals surface area contributed by atoms with Gasteiger partial charge in [0, 0.05) is 23.7 Å². The Bertz CT molecular complexity index is 1240. The highest BCUT2D eigenvalue weighted by molar-refractivity contribution is 5.92. The molecule has 0 radical (unpaired) electrons. The number of para-hydroxylation sites is 1. The van der Waals surface area contributed by atoms with Gasteiger partial charge in [0.05, 0.1) is 12.6 Å². The number of imidazole rings is 1. The summed E-state index contributed by atoms with van der Waals surface area (Å²) >= 11 is 0. The number of hydrogen-bond acceptors (Lipinski definition) is 5. The number of methoxy groups -OCH3 is 1. The van der Waals surface area contributed by atoms with Crippen LogP contribution in [0.25, 0.3) is 11.0 Å². The van der Waals surface area contributed by atoms with Crippen molar-refractivity contribution in [3.05, 3.63) is 52.4 Å². The number of carbonyl (C=O) groups is 2. The number of aliphatic carboxylic acids is 1. The number of H-pyrrole nitrogens is 1. The molecule has 174 valence electrons. The quantitative estimate of drug-likeness (QED) is 0.503. The third-order valence-corrected chi connectivity index (χ3v) is 6.17. The lowest BCUT2D eigenvalue weighted by molar-refractivity contribution is -0.139. The van der Waals surface area contributed by atoms with Gasteiger partial charge in [0.1, 0.15) is 17.0 Å². The second-order valence-electron chi connectivity index (χ2n) is 8.31. The number of ether oxygens (including phenoxy) is 2. The molecule has 2 aromatic carbocycles. The van der Waals surface area contributed by atoms with E-state index in [1.165, 1.54) is 0 Å². The Kier molecular flexibility index (Phi) is 6.39. The summed E-state index contributed by atoms with van der Waals surface area (Å²) in [5.74, 6) is -0.206. The number of aromatic amines is 1. The Hall–Kier alpha value is -3.75. The number of nitrogens with one attached hydrogen (secondary N) is 2. The van der Waals surface area contributed by atoms with Crippen LogP contribution in [0.2, 0.25) is 0 Å². The van der Waals surface area contributed by atoms with Crippen molar-refractivity contribution in [3.8, 4) is 11.5 Å². The fourth-order valence-corrected chi connectivity index (χ4v) is 4.48. The maximum Gasteiger partial charge on any atom is 0.341 e. The van der Waals surface area contributed by atoms with Crippen molar-refractivity contribution >= 4 is 28.6 Å². The van der Waals surface area contributed by atoms with Crippen LogP contribution in [0.1, 0.15) is 37.3 Å². The summed E-state index contributed by atoms with van der Waals surface area (Å²) in [6, 6.07) is 10.7. The smallest absolute Gasteiger partial charge is 0.341 e. The molecule has 0 unspecified atom stereocenters. The average Bonchev–Trinajstić information content (AvgIpc) is 3.15. The minimum Gasteiger partial charge on any atom is -0.496 e. The molecule has 0 bridgehead atoms. The number of aromatic nitrogens is 2. The Labute approximate surface area is 190 Å². The Morgan fingerprint density at radius 1 is 1.15 bits per heavy atom. The first-order valence-electron chi connectivity index (χ1n) is 10.9. The van der Waals surface area contributed by atoms with E-state index in [4.69, 9.17) is 14.6 Å². The standard InChI is InChI=1S/C24H27N3O6/c1-14-6-9-16(12-20(14)32-2)25-23(30)15-7-10-17(11-8-15)27-18-4-3-5-19(33-13-21(28)29)22(18)26-24(27)31/h3-6,9,12,15,17H,7-8,10-11,13H2,1-2H3,(H,25,30)(H,26,31)(H,28,29)/t15-,17+. The van der Waals surface area contributed by atoms with Gasteiger partial charge in [0.15, 0.2) is 6.61 Å². The van der Waals surface area contributed by atoms with Crippen molar-refractivity contribution in [1.29, 1.82) is 0 Å². The van der Waals surface area contributed by atoms with E-state index in [1.54, 1.807) is 23.8 Å². The molecule has 9 nitrogen and oxygen atoms in total. The van der Waals surface area contributed by atoms with Gasteiger partial charge in [-0.05, 0) is 56.4 Å². The van der Waals surface area contributed by atoms with Crippen LogP contribution in [0.4, 0.5) is 5.69 Å². The van der Waals surface area contributed by atoms with Crippen LogP contribution in [0, 0.1) is 12.8 Å². The van der Waals surface area contributed by atoms with E-state index < -0.39 is 12.6 Å². The van der Waals surface area contributed by atoms with Gasteiger partial charge in [-0.1, -0.05) is 12.1 Å². The van der Waals surface area contributed by atoms with Gasteiger partial charge in [-0.25, -0.2) is 9.59 Å². The second kappa shape index (κ2) is 9.40. The van der Waals surface area contributed by atoms with Crippen LogP contribution in [0.15, 0.2) is 41.2 Å². The van der Waals surface area contributed by atoms with Gasteiger partial charge in [-0.15, -0.1) is 0 Å². The van der Waals surface area contributed by atoms with Crippen molar-refractivity contribution < 1.29 is 24.2 Å². The predicted octanol–water partition coefficient (Wildman–Crippen LogP) is 3.48. The van der Waals surface area contributed by atoms with E-state index in [-0.39, 0.29) is 23.6 Å². The summed E-state index contributed by atoms with van der Waals surface area (Å²) in [6.07, 6.45) is 2.69. The summed E-state index contributed by atoms with van der Waals surface area (Å²) in [5, 5.41) is 11.8. The number of carboxylic acids is 1. The number of rotatable bonds is 7. The Morgan fingerprint density at radius 2 is 1.91 bits per heavy atom. The lowest BCUT2D eigenvalue weighted by atomic mass is 9.85. The molecule has 33 heavy (non-hydrogen) atoms. The number of fused-ring (bicyclic) bond motifs is 1. The predicted molar refractivity (Wildman–Crippen MR) is 123 cm³/mol. The third-order valence-electron chi connectivity index (χ3n) is 6.17. The zero-order chi connectivity index (χ0) is 23.5. The van der Waals surface area contributed by atoms with Gasteiger partial charge in [-0.3, -0.25) is 9.36 Å². The number of benzene rings is 2. The number of aryl methyl sites for hydroxylation is 1. The maximum atomic E-state index is 12.8. The minimum atomic E-state index is -1.09. The summed E-state index contributed by atoms with van der Waals surface area (Å²) in [4.78, 5) is 39.2. The molecule has 0 saturated heterocycles. The van der Waals surface area contributed by atoms with Crippen LogP contribution in [-0.2, 0) is 9.59 Å². The van der Waals surface area contributed by atoms with Gasteiger partial charge < -0.3 is 24.9 Å². The van der Waals surface area contributed by atoms with E-state index in [9.17, 15) is 14.4 Å². The van der Waals surface area contributed by atoms with Crippen LogP contribution in [-0.4, -0.2) is 40.3 Å². The van der Waals surface area contributed by atoms with Crippen LogP contribution >= 0.6 is 0 Å². The zero-order valence-electron chi connectivity index (χ0n) is 18.6.